The molecule has 17 heavy (non-hydrogen) atoms. The molecular weight excluding hydrogens is 226 g/mol. The minimum Gasteiger partial charge on any atom is -0.461 e. The molecule has 0 aliphatic carbocycles. The Bertz CT molecular complexity index is 479. The average molecular weight is 237 g/mol. The van der Waals surface area contributed by atoms with Gasteiger partial charge in [0.05, 0.1) is 12.9 Å². The van der Waals surface area contributed by atoms with E-state index < -0.39 is 0 Å². The van der Waals surface area contributed by atoms with Crippen LogP contribution in [0.2, 0.25) is 0 Å². The number of carbonyl (C=O) groups excluding carboxylic acids is 1. The van der Waals surface area contributed by atoms with Crippen molar-refractivity contribution in [3.8, 4) is 11.6 Å². The Morgan fingerprint density at radius 1 is 1.65 bits per heavy atom. The molecule has 0 fully saturated rings. The number of amides is 1. The molecule has 2 aromatic rings. The number of aromatic nitrogens is 4. The van der Waals surface area contributed by atoms with E-state index in [0.29, 0.717) is 18.2 Å². The van der Waals surface area contributed by atoms with Gasteiger partial charge in [0.25, 0.3) is 5.91 Å². The normalized spacial score (nSPS) is 10.4. The lowest BCUT2D eigenvalue weighted by Gasteiger charge is -2.01. The maximum Gasteiger partial charge on any atom is 0.267 e. The predicted molar refractivity (Wildman–Crippen MR) is 55.3 cm³/mol. The van der Waals surface area contributed by atoms with Crippen LogP contribution < -0.4 is 5.48 Å². The highest BCUT2D eigenvalue weighted by molar-refractivity contribution is 5.74. The summed E-state index contributed by atoms with van der Waals surface area (Å²) in [6, 6.07) is 3.43. The Balaban J connectivity index is 1.97. The molecule has 8 heteroatoms. The van der Waals surface area contributed by atoms with E-state index in [-0.39, 0.29) is 12.5 Å². The number of rotatable bonds is 5. The molecule has 2 rings (SSSR count). The van der Waals surface area contributed by atoms with E-state index in [1.165, 1.54) is 6.26 Å². The molecule has 8 nitrogen and oxygen atoms in total. The van der Waals surface area contributed by atoms with Gasteiger partial charge < -0.3 is 4.42 Å². The highest BCUT2D eigenvalue weighted by atomic mass is 16.6. The van der Waals surface area contributed by atoms with E-state index in [9.17, 15) is 4.79 Å². The third kappa shape index (κ3) is 2.88. The number of hydrogen-bond acceptors (Lipinski definition) is 6. The fourth-order valence-corrected chi connectivity index (χ4v) is 1.13. The van der Waals surface area contributed by atoms with Crippen molar-refractivity contribution in [2.75, 3.05) is 6.61 Å². The van der Waals surface area contributed by atoms with Crippen LogP contribution in [0.1, 0.15) is 6.92 Å². The second-order valence-electron chi connectivity index (χ2n) is 3.08. The lowest BCUT2D eigenvalue weighted by atomic mass is 10.4. The van der Waals surface area contributed by atoms with Gasteiger partial charge in [-0.2, -0.15) is 4.80 Å². The second kappa shape index (κ2) is 5.21. The van der Waals surface area contributed by atoms with E-state index in [0.717, 1.165) is 4.80 Å². The molecule has 2 aromatic heterocycles. The van der Waals surface area contributed by atoms with Crippen molar-refractivity contribution in [1.82, 2.24) is 25.7 Å². The van der Waals surface area contributed by atoms with Gasteiger partial charge in [-0.25, -0.2) is 5.48 Å². The van der Waals surface area contributed by atoms with E-state index in [4.69, 9.17) is 9.25 Å². The van der Waals surface area contributed by atoms with Crippen molar-refractivity contribution in [1.29, 1.82) is 0 Å². The maximum absolute atomic E-state index is 11.3. The summed E-state index contributed by atoms with van der Waals surface area (Å²) in [6.45, 7) is 2.10. The van der Waals surface area contributed by atoms with Gasteiger partial charge in [0, 0.05) is 0 Å². The Hall–Kier alpha value is -2.22. The van der Waals surface area contributed by atoms with Crippen molar-refractivity contribution < 1.29 is 14.0 Å². The Morgan fingerprint density at radius 2 is 2.53 bits per heavy atom. The van der Waals surface area contributed by atoms with Gasteiger partial charge in [0.2, 0.25) is 5.82 Å². The first kappa shape index (κ1) is 11.3. The van der Waals surface area contributed by atoms with Crippen molar-refractivity contribution in [3.05, 3.63) is 18.4 Å². The topological polar surface area (TPSA) is 95.1 Å². The summed E-state index contributed by atoms with van der Waals surface area (Å²) in [5, 5.41) is 11.5. The van der Waals surface area contributed by atoms with Crippen LogP contribution >= 0.6 is 0 Å². The number of tetrazole rings is 1. The van der Waals surface area contributed by atoms with Crippen LogP contribution in [0.4, 0.5) is 0 Å². The first-order chi connectivity index (χ1) is 8.29. The molecule has 0 spiro atoms. The van der Waals surface area contributed by atoms with Crippen molar-refractivity contribution >= 4 is 5.91 Å². The summed E-state index contributed by atoms with van der Waals surface area (Å²) in [4.78, 5) is 17.2. The maximum atomic E-state index is 11.3. The third-order valence-electron chi connectivity index (χ3n) is 1.81. The number of furan rings is 1. The molecule has 2 heterocycles. The smallest absolute Gasteiger partial charge is 0.267 e. The Labute approximate surface area is 96.5 Å². The molecule has 0 atom stereocenters. The fourth-order valence-electron chi connectivity index (χ4n) is 1.13. The number of hydroxylamine groups is 1. The molecular formula is C9H11N5O3. The minimum atomic E-state index is -0.352. The van der Waals surface area contributed by atoms with Crippen LogP contribution in [0.15, 0.2) is 22.8 Å². The number of nitrogens with one attached hydrogen (secondary N) is 1. The molecule has 1 N–H and O–H groups in total. The summed E-state index contributed by atoms with van der Waals surface area (Å²) in [5.74, 6) is 0.482. The first-order valence-electron chi connectivity index (χ1n) is 5.02. The minimum absolute atomic E-state index is 0.0618. The zero-order chi connectivity index (χ0) is 12.1. The molecule has 90 valence electrons. The lowest BCUT2D eigenvalue weighted by molar-refractivity contribution is -0.134. The summed E-state index contributed by atoms with van der Waals surface area (Å²) < 4.78 is 5.10. The van der Waals surface area contributed by atoms with Gasteiger partial charge in [-0.3, -0.25) is 9.63 Å². The number of nitrogens with zero attached hydrogens (tertiary/aromatic N) is 4. The monoisotopic (exact) mass is 237 g/mol. The third-order valence-corrected chi connectivity index (χ3v) is 1.81. The molecule has 0 bridgehead atoms. The molecule has 0 saturated heterocycles. The van der Waals surface area contributed by atoms with Gasteiger partial charge in [0.1, 0.15) is 6.54 Å². The summed E-state index contributed by atoms with van der Waals surface area (Å²) in [6.07, 6.45) is 1.51. The number of hydrogen-bond donors (Lipinski definition) is 1. The van der Waals surface area contributed by atoms with Crippen LogP contribution in [-0.2, 0) is 16.2 Å². The molecule has 0 aliphatic heterocycles. The Kier molecular flexibility index (Phi) is 3.46. The van der Waals surface area contributed by atoms with Gasteiger partial charge in [0.15, 0.2) is 5.76 Å². The van der Waals surface area contributed by atoms with Gasteiger partial charge in [-0.15, -0.1) is 10.2 Å². The number of carbonyl (C=O) groups is 1. The van der Waals surface area contributed by atoms with Crippen molar-refractivity contribution in [2.45, 2.75) is 13.5 Å². The predicted octanol–water partition coefficient (Wildman–Crippen LogP) is 0.000800. The summed E-state index contributed by atoms with van der Waals surface area (Å²) in [5.41, 5.74) is 2.23. The standard InChI is InChI=1S/C9H11N5O3/c1-2-17-12-8(15)6-14-11-9(10-13-14)7-4-3-5-16-7/h3-5H,2,6H2,1H3,(H,12,15). The summed E-state index contributed by atoms with van der Waals surface area (Å²) >= 11 is 0. The van der Waals surface area contributed by atoms with E-state index >= 15 is 0 Å². The molecule has 0 saturated carbocycles. The van der Waals surface area contributed by atoms with Crippen LogP contribution in [0.25, 0.3) is 11.6 Å². The van der Waals surface area contributed by atoms with Crippen molar-refractivity contribution in [2.24, 2.45) is 0 Å². The van der Waals surface area contributed by atoms with Crippen LogP contribution in [0.3, 0.4) is 0 Å². The van der Waals surface area contributed by atoms with Crippen LogP contribution in [-0.4, -0.2) is 32.7 Å². The van der Waals surface area contributed by atoms with Gasteiger partial charge in [-0.1, -0.05) is 0 Å². The summed E-state index contributed by atoms with van der Waals surface area (Å²) in [7, 11) is 0. The Morgan fingerprint density at radius 3 is 3.24 bits per heavy atom. The van der Waals surface area contributed by atoms with Crippen LogP contribution in [0, 0.1) is 0 Å². The van der Waals surface area contributed by atoms with E-state index in [2.05, 4.69) is 20.9 Å². The first-order valence-corrected chi connectivity index (χ1v) is 5.02. The fraction of sp³-hybridized carbons (Fsp3) is 0.333. The largest absolute Gasteiger partial charge is 0.461 e. The molecule has 0 unspecified atom stereocenters. The van der Waals surface area contributed by atoms with E-state index in [1.807, 2.05) is 0 Å². The highest BCUT2D eigenvalue weighted by Crippen LogP contribution is 2.12. The SMILES string of the molecule is CCONC(=O)Cn1nnc(-c2ccco2)n1. The molecule has 0 aliphatic rings. The second-order valence-corrected chi connectivity index (χ2v) is 3.08. The molecule has 0 radical (unpaired) electrons. The quantitative estimate of drug-likeness (QED) is 0.735. The average Bonchev–Trinajstić information content (AvgIpc) is 2.95. The molecule has 0 aromatic carbocycles. The van der Waals surface area contributed by atoms with Crippen molar-refractivity contribution in [3.63, 3.8) is 0 Å². The van der Waals surface area contributed by atoms with Gasteiger partial charge >= 0.3 is 0 Å². The van der Waals surface area contributed by atoms with Gasteiger partial charge in [-0.05, 0) is 24.3 Å². The zero-order valence-corrected chi connectivity index (χ0v) is 9.16. The molecule has 1 amide bonds. The zero-order valence-electron chi connectivity index (χ0n) is 9.16. The highest BCUT2D eigenvalue weighted by Gasteiger charge is 2.10. The lowest BCUT2D eigenvalue weighted by Crippen LogP contribution is -2.28. The van der Waals surface area contributed by atoms with E-state index in [1.54, 1.807) is 19.1 Å². The van der Waals surface area contributed by atoms with Crippen LogP contribution in [0.5, 0.6) is 0 Å².